The second kappa shape index (κ2) is 11.1. The average molecular weight is 473 g/mol. The van der Waals surface area contributed by atoms with Crippen molar-refractivity contribution >= 4 is 28.9 Å². The summed E-state index contributed by atoms with van der Waals surface area (Å²) in [5, 5.41) is 11.8. The van der Waals surface area contributed by atoms with Crippen LogP contribution in [0.4, 0.5) is 17.2 Å². The summed E-state index contributed by atoms with van der Waals surface area (Å²) in [6.07, 6.45) is 2.02. The number of benzene rings is 2. The van der Waals surface area contributed by atoms with Gasteiger partial charge in [-0.25, -0.2) is 9.78 Å². The Morgan fingerprint density at radius 1 is 1.14 bits per heavy atom. The van der Waals surface area contributed by atoms with Gasteiger partial charge >= 0.3 is 5.97 Å². The Bertz CT molecular complexity index is 1170. The number of para-hydroxylation sites is 1. The quantitative estimate of drug-likeness (QED) is 0.324. The number of hydrogen-bond donors (Lipinski definition) is 2. The van der Waals surface area contributed by atoms with E-state index in [1.807, 2.05) is 42.5 Å². The van der Waals surface area contributed by atoms with Gasteiger partial charge in [0.25, 0.3) is 0 Å². The predicted molar refractivity (Wildman–Crippen MR) is 140 cm³/mol. The Balaban J connectivity index is 1.75. The van der Waals surface area contributed by atoms with Gasteiger partial charge in [-0.15, -0.1) is 0 Å². The van der Waals surface area contributed by atoms with E-state index in [0.29, 0.717) is 23.1 Å². The van der Waals surface area contributed by atoms with Crippen molar-refractivity contribution < 1.29 is 14.3 Å². The molecule has 0 atom stereocenters. The molecule has 4 rings (SSSR count). The Kier molecular flexibility index (Phi) is 7.77. The minimum absolute atomic E-state index is 0.202. The second-order valence-electron chi connectivity index (χ2n) is 8.62. The number of ether oxygens (including phenoxy) is 2. The first kappa shape index (κ1) is 24.4. The Labute approximate surface area is 206 Å². The van der Waals surface area contributed by atoms with Gasteiger partial charge in [0, 0.05) is 49.0 Å². The van der Waals surface area contributed by atoms with Crippen LogP contribution in [0.2, 0.25) is 0 Å². The maximum atomic E-state index is 12.6. The highest BCUT2D eigenvalue weighted by Crippen LogP contribution is 2.33. The standard InChI is InChI=1S/C28H32N4O3/c1-4-35-28(33)25-18-24(26(19(2)29)27(31-25)30-21-8-6-5-7-9-21)20-10-12-22(13-11-20)32(3)23-14-16-34-17-15-23/h5-13,18,23,29H,4,14-17H2,1-3H3,(H,30,31). The number of nitrogens with one attached hydrogen (secondary N) is 2. The maximum absolute atomic E-state index is 12.6. The molecular weight excluding hydrogens is 440 g/mol. The van der Waals surface area contributed by atoms with Crippen LogP contribution < -0.4 is 10.2 Å². The molecule has 0 bridgehead atoms. The molecule has 1 aliphatic heterocycles. The summed E-state index contributed by atoms with van der Waals surface area (Å²) in [5.41, 5.74) is 4.80. The molecule has 0 amide bonds. The van der Waals surface area contributed by atoms with E-state index in [2.05, 4.69) is 34.4 Å². The summed E-state index contributed by atoms with van der Waals surface area (Å²) >= 11 is 0. The fourth-order valence-corrected chi connectivity index (χ4v) is 4.37. The number of nitrogens with zero attached hydrogens (tertiary/aromatic N) is 2. The number of carbonyl (C=O) groups is 1. The molecule has 3 aromatic rings. The second-order valence-corrected chi connectivity index (χ2v) is 8.62. The average Bonchev–Trinajstić information content (AvgIpc) is 2.89. The summed E-state index contributed by atoms with van der Waals surface area (Å²) in [4.78, 5) is 19.5. The first-order valence-electron chi connectivity index (χ1n) is 12.0. The van der Waals surface area contributed by atoms with E-state index in [1.54, 1.807) is 19.9 Å². The van der Waals surface area contributed by atoms with Crippen molar-refractivity contribution in [2.75, 3.05) is 37.1 Å². The Hall–Kier alpha value is -3.71. The van der Waals surface area contributed by atoms with Crippen LogP contribution in [0.5, 0.6) is 0 Å². The SMILES string of the molecule is CCOC(=O)c1cc(-c2ccc(N(C)C3CCOCC3)cc2)c(C(C)=N)c(Nc2ccccc2)n1. The summed E-state index contributed by atoms with van der Waals surface area (Å²) in [6, 6.07) is 20.0. The third kappa shape index (κ3) is 5.69. The highest BCUT2D eigenvalue weighted by molar-refractivity contribution is 6.08. The molecule has 0 aliphatic carbocycles. The topological polar surface area (TPSA) is 87.5 Å². The number of anilines is 3. The number of rotatable bonds is 8. The number of hydrogen-bond acceptors (Lipinski definition) is 7. The summed E-state index contributed by atoms with van der Waals surface area (Å²) in [5.74, 6) is -0.0393. The lowest BCUT2D eigenvalue weighted by Crippen LogP contribution is -2.36. The minimum Gasteiger partial charge on any atom is -0.461 e. The lowest BCUT2D eigenvalue weighted by Gasteiger charge is -2.33. The van der Waals surface area contributed by atoms with E-state index in [9.17, 15) is 4.79 Å². The molecule has 35 heavy (non-hydrogen) atoms. The summed E-state index contributed by atoms with van der Waals surface area (Å²) in [6.45, 7) is 5.34. The fourth-order valence-electron chi connectivity index (χ4n) is 4.37. The van der Waals surface area contributed by atoms with Crippen molar-refractivity contribution in [3.05, 3.63) is 71.9 Å². The summed E-state index contributed by atoms with van der Waals surface area (Å²) in [7, 11) is 2.12. The van der Waals surface area contributed by atoms with E-state index in [4.69, 9.17) is 14.9 Å². The van der Waals surface area contributed by atoms with Gasteiger partial charge in [-0.05, 0) is 68.1 Å². The monoisotopic (exact) mass is 472 g/mol. The van der Waals surface area contributed by atoms with Crippen LogP contribution in [-0.4, -0.2) is 49.6 Å². The number of aromatic nitrogens is 1. The van der Waals surface area contributed by atoms with E-state index >= 15 is 0 Å². The lowest BCUT2D eigenvalue weighted by molar-refractivity contribution is 0.0519. The van der Waals surface area contributed by atoms with Crippen LogP contribution in [0.1, 0.15) is 42.7 Å². The van der Waals surface area contributed by atoms with Gasteiger partial charge in [-0.3, -0.25) is 0 Å². The van der Waals surface area contributed by atoms with Crippen LogP contribution >= 0.6 is 0 Å². The molecule has 2 heterocycles. The Morgan fingerprint density at radius 3 is 2.46 bits per heavy atom. The molecule has 1 saturated heterocycles. The van der Waals surface area contributed by atoms with Gasteiger partial charge in [0.15, 0.2) is 5.69 Å². The van der Waals surface area contributed by atoms with Gasteiger partial charge in [0.2, 0.25) is 0 Å². The molecule has 7 heteroatoms. The van der Waals surface area contributed by atoms with Gasteiger partial charge in [-0.1, -0.05) is 30.3 Å². The molecule has 0 spiro atoms. The number of pyridine rings is 1. The molecule has 1 fully saturated rings. The van der Waals surface area contributed by atoms with Crippen molar-refractivity contribution in [2.45, 2.75) is 32.7 Å². The van der Waals surface area contributed by atoms with Gasteiger partial charge in [0.05, 0.1) is 6.61 Å². The van der Waals surface area contributed by atoms with E-state index in [1.165, 1.54) is 0 Å². The highest BCUT2D eigenvalue weighted by atomic mass is 16.5. The van der Waals surface area contributed by atoms with Crippen LogP contribution in [0.15, 0.2) is 60.7 Å². The van der Waals surface area contributed by atoms with Crippen LogP contribution in [-0.2, 0) is 9.47 Å². The highest BCUT2D eigenvalue weighted by Gasteiger charge is 2.22. The number of esters is 1. The van der Waals surface area contributed by atoms with E-state index < -0.39 is 5.97 Å². The van der Waals surface area contributed by atoms with Crippen LogP contribution in [0.3, 0.4) is 0 Å². The molecule has 1 aliphatic rings. The molecule has 7 nitrogen and oxygen atoms in total. The van der Waals surface area contributed by atoms with Gasteiger partial charge in [-0.2, -0.15) is 0 Å². The van der Waals surface area contributed by atoms with Crippen LogP contribution in [0, 0.1) is 5.41 Å². The van der Waals surface area contributed by atoms with Crippen LogP contribution in [0.25, 0.3) is 11.1 Å². The zero-order valence-electron chi connectivity index (χ0n) is 20.5. The molecule has 182 valence electrons. The fraction of sp³-hybridized carbons (Fsp3) is 0.321. The molecule has 0 radical (unpaired) electrons. The predicted octanol–water partition coefficient (Wildman–Crippen LogP) is 5.67. The zero-order valence-corrected chi connectivity index (χ0v) is 20.5. The van der Waals surface area contributed by atoms with Crippen molar-refractivity contribution in [3.63, 3.8) is 0 Å². The normalized spacial score (nSPS) is 13.8. The van der Waals surface area contributed by atoms with Gasteiger partial charge in [0.1, 0.15) is 5.82 Å². The molecule has 0 saturated carbocycles. The van der Waals surface area contributed by atoms with Gasteiger partial charge < -0.3 is 25.1 Å². The maximum Gasteiger partial charge on any atom is 0.357 e. The largest absolute Gasteiger partial charge is 0.461 e. The molecule has 2 aromatic carbocycles. The number of carbonyl (C=O) groups excluding carboxylic acids is 1. The third-order valence-corrected chi connectivity index (χ3v) is 6.24. The third-order valence-electron chi connectivity index (χ3n) is 6.24. The van der Waals surface area contributed by atoms with E-state index in [-0.39, 0.29) is 12.3 Å². The van der Waals surface area contributed by atoms with Crippen molar-refractivity contribution in [3.8, 4) is 11.1 Å². The van der Waals surface area contributed by atoms with Crippen molar-refractivity contribution in [1.29, 1.82) is 5.41 Å². The van der Waals surface area contributed by atoms with Crippen molar-refractivity contribution in [2.24, 2.45) is 0 Å². The molecule has 0 unspecified atom stereocenters. The first-order chi connectivity index (χ1) is 17.0. The minimum atomic E-state index is -0.491. The smallest absolute Gasteiger partial charge is 0.357 e. The molecule has 2 N–H and O–H groups in total. The molecule has 1 aromatic heterocycles. The zero-order chi connectivity index (χ0) is 24.8. The first-order valence-corrected chi connectivity index (χ1v) is 12.0. The lowest BCUT2D eigenvalue weighted by atomic mass is 9.96. The van der Waals surface area contributed by atoms with E-state index in [0.717, 1.165) is 48.6 Å². The molecular formula is C28H32N4O3. The Morgan fingerprint density at radius 2 is 1.83 bits per heavy atom. The summed E-state index contributed by atoms with van der Waals surface area (Å²) < 4.78 is 10.7. The van der Waals surface area contributed by atoms with Crippen molar-refractivity contribution in [1.82, 2.24) is 4.98 Å².